The molecule has 1 aromatic carbocycles. The molecule has 0 saturated heterocycles. The maximum atomic E-state index is 12.0. The first-order valence-electron chi connectivity index (χ1n) is 7.38. The largest absolute Gasteiger partial charge is 0.494 e. The molecule has 0 fully saturated rings. The number of benzene rings is 1. The van der Waals surface area contributed by atoms with Gasteiger partial charge in [0, 0.05) is 0 Å². The van der Waals surface area contributed by atoms with Gasteiger partial charge in [0.05, 0.1) is 19.4 Å². The van der Waals surface area contributed by atoms with Crippen molar-refractivity contribution in [2.24, 2.45) is 0 Å². The predicted molar refractivity (Wildman–Crippen MR) is 86.4 cm³/mol. The minimum Gasteiger partial charge on any atom is -0.494 e. The lowest BCUT2D eigenvalue weighted by atomic mass is 10.1. The van der Waals surface area contributed by atoms with Crippen LogP contribution in [-0.4, -0.2) is 12.5 Å². The van der Waals surface area contributed by atoms with Gasteiger partial charge in [-0.2, -0.15) is 5.26 Å². The van der Waals surface area contributed by atoms with Crippen LogP contribution < -0.4 is 10.1 Å². The first-order valence-corrected chi connectivity index (χ1v) is 7.38. The average Bonchev–Trinajstić information content (AvgIpc) is 3.10. The molecule has 2 rings (SSSR count). The molecule has 1 aromatic heterocycles. The fourth-order valence-electron chi connectivity index (χ4n) is 1.87. The zero-order valence-electron chi connectivity index (χ0n) is 12.9. The van der Waals surface area contributed by atoms with Gasteiger partial charge in [-0.3, -0.25) is 4.79 Å². The summed E-state index contributed by atoms with van der Waals surface area (Å²) in [6.07, 6.45) is 4.02. The number of furan rings is 1. The van der Waals surface area contributed by atoms with E-state index < -0.39 is 5.91 Å². The van der Waals surface area contributed by atoms with Crippen LogP contribution in [-0.2, 0) is 11.3 Å². The predicted octanol–water partition coefficient (Wildman–Crippen LogP) is 3.29. The van der Waals surface area contributed by atoms with Crippen LogP contribution in [0.5, 0.6) is 5.75 Å². The molecular formula is C18H18N2O3. The second kappa shape index (κ2) is 8.44. The van der Waals surface area contributed by atoms with Crippen LogP contribution in [0.3, 0.4) is 0 Å². The Morgan fingerprint density at radius 2 is 2.13 bits per heavy atom. The topological polar surface area (TPSA) is 75.3 Å². The number of ether oxygens (including phenoxy) is 1. The second-order valence-corrected chi connectivity index (χ2v) is 4.85. The number of nitrogens with one attached hydrogen (secondary N) is 1. The van der Waals surface area contributed by atoms with E-state index >= 15 is 0 Å². The maximum absolute atomic E-state index is 12.0. The zero-order chi connectivity index (χ0) is 16.5. The highest BCUT2D eigenvalue weighted by Gasteiger charge is 2.09. The highest BCUT2D eigenvalue weighted by Crippen LogP contribution is 2.15. The van der Waals surface area contributed by atoms with Crippen LogP contribution in [0.1, 0.15) is 24.7 Å². The van der Waals surface area contributed by atoms with Crippen LogP contribution >= 0.6 is 0 Å². The van der Waals surface area contributed by atoms with Gasteiger partial charge in [0.25, 0.3) is 5.91 Å². The van der Waals surface area contributed by atoms with Crippen molar-refractivity contribution in [1.29, 1.82) is 5.26 Å². The average molecular weight is 310 g/mol. The van der Waals surface area contributed by atoms with Crippen molar-refractivity contribution < 1.29 is 13.9 Å². The van der Waals surface area contributed by atoms with Crippen molar-refractivity contribution in [1.82, 2.24) is 5.32 Å². The molecule has 0 atom stereocenters. The summed E-state index contributed by atoms with van der Waals surface area (Å²) in [5.74, 6) is 0.966. The fourth-order valence-corrected chi connectivity index (χ4v) is 1.87. The third-order valence-corrected chi connectivity index (χ3v) is 3.03. The summed E-state index contributed by atoms with van der Waals surface area (Å²) < 4.78 is 10.6. The van der Waals surface area contributed by atoms with E-state index in [1.54, 1.807) is 18.2 Å². The zero-order valence-corrected chi connectivity index (χ0v) is 12.9. The van der Waals surface area contributed by atoms with Crippen molar-refractivity contribution in [2.75, 3.05) is 6.61 Å². The molecular weight excluding hydrogens is 292 g/mol. The molecule has 0 aliphatic rings. The first kappa shape index (κ1) is 16.4. The quantitative estimate of drug-likeness (QED) is 0.629. The van der Waals surface area contributed by atoms with Crippen molar-refractivity contribution in [3.05, 3.63) is 59.6 Å². The van der Waals surface area contributed by atoms with E-state index in [-0.39, 0.29) is 12.1 Å². The Balaban J connectivity index is 1.99. The number of hydrogen-bond acceptors (Lipinski definition) is 4. The molecule has 0 bridgehead atoms. The third-order valence-electron chi connectivity index (χ3n) is 3.03. The molecule has 5 heteroatoms. The number of hydrogen-bond donors (Lipinski definition) is 1. The molecule has 118 valence electrons. The molecule has 0 aliphatic heterocycles. The normalized spacial score (nSPS) is 10.9. The van der Waals surface area contributed by atoms with E-state index in [9.17, 15) is 4.79 Å². The van der Waals surface area contributed by atoms with Crippen LogP contribution in [0.25, 0.3) is 6.08 Å². The summed E-state index contributed by atoms with van der Waals surface area (Å²) in [5, 5.41) is 11.8. The van der Waals surface area contributed by atoms with Crippen LogP contribution in [0.4, 0.5) is 0 Å². The minimum atomic E-state index is -0.435. The maximum Gasteiger partial charge on any atom is 0.262 e. The lowest BCUT2D eigenvalue weighted by molar-refractivity contribution is -0.117. The summed E-state index contributed by atoms with van der Waals surface area (Å²) in [4.78, 5) is 12.0. The van der Waals surface area contributed by atoms with Gasteiger partial charge in [-0.05, 0) is 42.3 Å². The molecule has 5 nitrogen and oxygen atoms in total. The van der Waals surface area contributed by atoms with Gasteiger partial charge < -0.3 is 14.5 Å². The van der Waals surface area contributed by atoms with Crippen molar-refractivity contribution in [3.63, 3.8) is 0 Å². The Labute approximate surface area is 135 Å². The molecule has 23 heavy (non-hydrogen) atoms. The lowest BCUT2D eigenvalue weighted by Crippen LogP contribution is -2.23. The highest BCUT2D eigenvalue weighted by molar-refractivity contribution is 6.01. The summed E-state index contributed by atoms with van der Waals surface area (Å²) in [6.45, 7) is 2.94. The summed E-state index contributed by atoms with van der Waals surface area (Å²) in [5.41, 5.74) is 0.803. The van der Waals surface area contributed by atoms with Gasteiger partial charge >= 0.3 is 0 Å². The van der Waals surface area contributed by atoms with E-state index in [0.717, 1.165) is 17.7 Å². The molecule has 0 saturated carbocycles. The number of nitrogens with zero attached hydrogens (tertiary/aromatic N) is 1. The van der Waals surface area contributed by atoms with Gasteiger partial charge in [-0.15, -0.1) is 0 Å². The lowest BCUT2D eigenvalue weighted by Gasteiger charge is -2.05. The van der Waals surface area contributed by atoms with Gasteiger partial charge in [0.2, 0.25) is 0 Å². The minimum absolute atomic E-state index is 0.0405. The molecule has 1 amide bonds. The van der Waals surface area contributed by atoms with Gasteiger partial charge in [0.15, 0.2) is 0 Å². The Hall–Kier alpha value is -3.00. The fraction of sp³-hybridized carbons (Fsp3) is 0.222. The molecule has 0 radical (unpaired) electrons. The Kier molecular flexibility index (Phi) is 6.01. The smallest absolute Gasteiger partial charge is 0.262 e. The van der Waals surface area contributed by atoms with Gasteiger partial charge in [-0.25, -0.2) is 0 Å². The van der Waals surface area contributed by atoms with E-state index in [1.807, 2.05) is 37.3 Å². The molecule has 2 aromatic rings. The van der Waals surface area contributed by atoms with Crippen LogP contribution in [0, 0.1) is 11.3 Å². The number of rotatable bonds is 7. The summed E-state index contributed by atoms with van der Waals surface area (Å²) in [6, 6.07) is 12.7. The van der Waals surface area contributed by atoms with E-state index in [1.165, 1.54) is 6.26 Å². The number of carbonyl (C=O) groups is 1. The molecule has 0 unspecified atom stereocenters. The van der Waals surface area contributed by atoms with Gasteiger partial charge in [-0.1, -0.05) is 19.1 Å². The standard InChI is InChI=1S/C18H18N2O3/c1-2-9-22-16-7-5-14(6-8-16)11-15(12-19)18(21)20-13-17-4-3-10-23-17/h3-8,10-11H,2,9,13H2,1H3,(H,20,21)/b15-11+. The highest BCUT2D eigenvalue weighted by atomic mass is 16.5. The molecule has 1 heterocycles. The van der Waals surface area contributed by atoms with Gasteiger partial charge in [0.1, 0.15) is 23.2 Å². The number of nitriles is 1. The van der Waals surface area contributed by atoms with Crippen molar-refractivity contribution >= 4 is 12.0 Å². The molecule has 0 spiro atoms. The number of amides is 1. The van der Waals surface area contributed by atoms with E-state index in [4.69, 9.17) is 14.4 Å². The Bertz CT molecular complexity index is 695. The monoisotopic (exact) mass is 310 g/mol. The Morgan fingerprint density at radius 3 is 2.74 bits per heavy atom. The van der Waals surface area contributed by atoms with E-state index in [0.29, 0.717) is 12.4 Å². The number of carbonyl (C=O) groups excluding carboxylic acids is 1. The SMILES string of the molecule is CCCOc1ccc(/C=C(\C#N)C(=O)NCc2ccco2)cc1. The van der Waals surface area contributed by atoms with Crippen molar-refractivity contribution in [3.8, 4) is 11.8 Å². The first-order chi connectivity index (χ1) is 11.2. The summed E-state index contributed by atoms with van der Waals surface area (Å²) >= 11 is 0. The van der Waals surface area contributed by atoms with Crippen molar-refractivity contribution in [2.45, 2.75) is 19.9 Å². The third kappa shape index (κ3) is 5.04. The van der Waals surface area contributed by atoms with Crippen LogP contribution in [0.15, 0.2) is 52.7 Å². The molecule has 1 N–H and O–H groups in total. The van der Waals surface area contributed by atoms with Crippen LogP contribution in [0.2, 0.25) is 0 Å². The Morgan fingerprint density at radius 1 is 1.35 bits per heavy atom. The summed E-state index contributed by atoms with van der Waals surface area (Å²) in [7, 11) is 0. The van der Waals surface area contributed by atoms with E-state index in [2.05, 4.69) is 5.32 Å². The second-order valence-electron chi connectivity index (χ2n) is 4.85. The molecule has 0 aliphatic carbocycles.